The molecule has 0 aliphatic heterocycles. The lowest BCUT2D eigenvalue weighted by atomic mass is 10.2. The SMILES string of the molecule is Clc1c(Cl)c(Cl)c(CSc2ccccn2)c(Cl)c1Cl. The van der Waals surface area contributed by atoms with E-state index in [-0.39, 0.29) is 15.1 Å². The van der Waals surface area contributed by atoms with Crippen molar-refractivity contribution in [2.45, 2.75) is 10.8 Å². The van der Waals surface area contributed by atoms with Crippen molar-refractivity contribution in [3.63, 3.8) is 0 Å². The first-order valence-corrected chi connectivity index (χ1v) is 7.94. The molecule has 0 saturated heterocycles. The zero-order valence-corrected chi connectivity index (χ0v) is 13.9. The summed E-state index contributed by atoms with van der Waals surface area (Å²) < 4.78 is 0. The highest BCUT2D eigenvalue weighted by atomic mass is 35.5. The molecule has 1 nitrogen and oxygen atoms in total. The maximum Gasteiger partial charge on any atom is 0.0963 e. The van der Waals surface area contributed by atoms with Gasteiger partial charge in [-0.25, -0.2) is 4.98 Å². The summed E-state index contributed by atoms with van der Waals surface area (Å²) in [5.41, 5.74) is 0.651. The first-order chi connectivity index (χ1) is 9.02. The van der Waals surface area contributed by atoms with Crippen LogP contribution < -0.4 is 0 Å². The highest BCUT2D eigenvalue weighted by Crippen LogP contribution is 2.45. The third-order valence-electron chi connectivity index (χ3n) is 2.30. The Bertz CT molecular complexity index is 574. The highest BCUT2D eigenvalue weighted by molar-refractivity contribution is 7.98. The summed E-state index contributed by atoms with van der Waals surface area (Å²) in [7, 11) is 0. The first-order valence-electron chi connectivity index (χ1n) is 5.06. The normalized spacial score (nSPS) is 10.8. The second kappa shape index (κ2) is 6.75. The van der Waals surface area contributed by atoms with E-state index in [4.69, 9.17) is 58.0 Å². The van der Waals surface area contributed by atoms with Gasteiger partial charge < -0.3 is 0 Å². The van der Waals surface area contributed by atoms with Crippen molar-refractivity contribution in [3.05, 3.63) is 55.1 Å². The van der Waals surface area contributed by atoms with Gasteiger partial charge in [0.05, 0.1) is 30.1 Å². The van der Waals surface area contributed by atoms with Gasteiger partial charge in [0, 0.05) is 17.5 Å². The number of hydrogen-bond donors (Lipinski definition) is 0. The van der Waals surface area contributed by atoms with Crippen LogP contribution in [-0.2, 0) is 5.75 Å². The Morgan fingerprint density at radius 1 is 0.842 bits per heavy atom. The molecule has 1 aromatic heterocycles. The molecule has 100 valence electrons. The van der Waals surface area contributed by atoms with Crippen molar-refractivity contribution < 1.29 is 0 Å². The summed E-state index contributed by atoms with van der Waals surface area (Å²) >= 11 is 31.7. The smallest absolute Gasteiger partial charge is 0.0963 e. The zero-order chi connectivity index (χ0) is 14.0. The van der Waals surface area contributed by atoms with E-state index < -0.39 is 0 Å². The van der Waals surface area contributed by atoms with Gasteiger partial charge in [0.15, 0.2) is 0 Å². The lowest BCUT2D eigenvalue weighted by Gasteiger charge is -2.11. The summed E-state index contributed by atoms with van der Waals surface area (Å²) in [5, 5.41) is 2.11. The second-order valence-corrected chi connectivity index (χ2v) is 6.39. The second-order valence-electron chi connectivity index (χ2n) is 3.51. The molecule has 0 atom stereocenters. The van der Waals surface area contributed by atoms with Crippen LogP contribution in [0.3, 0.4) is 0 Å². The maximum absolute atomic E-state index is 6.15. The van der Waals surface area contributed by atoms with Gasteiger partial charge in [-0.2, -0.15) is 0 Å². The molecule has 0 amide bonds. The van der Waals surface area contributed by atoms with E-state index in [1.165, 1.54) is 11.8 Å². The summed E-state index contributed by atoms with van der Waals surface area (Å²) in [6.07, 6.45) is 1.72. The largest absolute Gasteiger partial charge is 0.250 e. The third-order valence-corrected chi connectivity index (χ3v) is 5.63. The molecule has 2 rings (SSSR count). The molecule has 0 N–H and O–H groups in total. The van der Waals surface area contributed by atoms with Crippen LogP contribution in [0.15, 0.2) is 29.4 Å². The van der Waals surface area contributed by atoms with Crippen molar-refractivity contribution in [1.29, 1.82) is 0 Å². The van der Waals surface area contributed by atoms with Gasteiger partial charge in [0.1, 0.15) is 0 Å². The van der Waals surface area contributed by atoms with Gasteiger partial charge in [0.2, 0.25) is 0 Å². The molecule has 0 unspecified atom stereocenters. The molecule has 0 radical (unpaired) electrons. The van der Waals surface area contributed by atoms with E-state index in [1.54, 1.807) is 6.20 Å². The van der Waals surface area contributed by atoms with Crippen LogP contribution in [0.4, 0.5) is 0 Å². The van der Waals surface area contributed by atoms with Crippen molar-refractivity contribution >= 4 is 69.8 Å². The quantitative estimate of drug-likeness (QED) is 0.340. The predicted octanol–water partition coefficient (Wildman–Crippen LogP) is 6.64. The monoisotopic (exact) mass is 371 g/mol. The van der Waals surface area contributed by atoms with Gasteiger partial charge in [-0.3, -0.25) is 0 Å². The fraction of sp³-hybridized carbons (Fsp3) is 0.0833. The molecule has 0 aliphatic rings. The van der Waals surface area contributed by atoms with Crippen LogP contribution >= 0.6 is 69.8 Å². The van der Waals surface area contributed by atoms with E-state index >= 15 is 0 Å². The van der Waals surface area contributed by atoms with Crippen molar-refractivity contribution in [2.75, 3.05) is 0 Å². The Kier molecular flexibility index (Phi) is 5.53. The summed E-state index contributed by atoms with van der Waals surface area (Å²) in [5.74, 6) is 0.505. The number of pyridine rings is 1. The molecule has 0 spiro atoms. The lowest BCUT2D eigenvalue weighted by Crippen LogP contribution is -1.90. The number of rotatable bonds is 3. The lowest BCUT2D eigenvalue weighted by molar-refractivity contribution is 1.13. The molecule has 2 aromatic rings. The number of halogens is 5. The molecule has 0 saturated carbocycles. The molecule has 19 heavy (non-hydrogen) atoms. The van der Waals surface area contributed by atoms with Crippen LogP contribution in [0.25, 0.3) is 0 Å². The highest BCUT2D eigenvalue weighted by Gasteiger charge is 2.19. The van der Waals surface area contributed by atoms with Gasteiger partial charge >= 0.3 is 0 Å². The van der Waals surface area contributed by atoms with Gasteiger partial charge in [0.25, 0.3) is 0 Å². The minimum atomic E-state index is 0.171. The molecule has 0 bridgehead atoms. The topological polar surface area (TPSA) is 12.9 Å². The number of benzene rings is 1. The Balaban J connectivity index is 2.31. The van der Waals surface area contributed by atoms with Crippen molar-refractivity contribution in [1.82, 2.24) is 4.98 Å². The van der Waals surface area contributed by atoms with Crippen LogP contribution in [0.5, 0.6) is 0 Å². The molecule has 0 aliphatic carbocycles. The minimum absolute atomic E-state index is 0.171. The average Bonchev–Trinajstić information content (AvgIpc) is 2.44. The standard InChI is InChI=1S/C12H6Cl5NS/c13-8-6(5-19-7-3-1-2-4-18-7)9(14)11(16)12(17)10(8)15/h1-4H,5H2. The molecule has 7 heteroatoms. The van der Waals surface area contributed by atoms with Gasteiger partial charge in [-0.05, 0) is 12.1 Å². The van der Waals surface area contributed by atoms with Gasteiger partial charge in [-0.15, -0.1) is 11.8 Å². The van der Waals surface area contributed by atoms with Crippen LogP contribution in [0.2, 0.25) is 25.1 Å². The number of thioether (sulfide) groups is 1. The van der Waals surface area contributed by atoms with E-state index in [2.05, 4.69) is 4.98 Å². The number of nitrogens with zero attached hydrogens (tertiary/aromatic N) is 1. The zero-order valence-electron chi connectivity index (χ0n) is 9.26. The van der Waals surface area contributed by atoms with E-state index in [0.717, 1.165) is 5.03 Å². The van der Waals surface area contributed by atoms with E-state index in [1.807, 2.05) is 18.2 Å². The maximum atomic E-state index is 6.15. The van der Waals surface area contributed by atoms with Crippen molar-refractivity contribution in [3.8, 4) is 0 Å². The minimum Gasteiger partial charge on any atom is -0.250 e. The number of aromatic nitrogens is 1. The molecule has 1 heterocycles. The Morgan fingerprint density at radius 3 is 1.95 bits per heavy atom. The molecular weight excluding hydrogens is 367 g/mol. The van der Waals surface area contributed by atoms with Crippen LogP contribution in [0, 0.1) is 0 Å². The van der Waals surface area contributed by atoms with E-state index in [9.17, 15) is 0 Å². The van der Waals surface area contributed by atoms with Crippen LogP contribution in [-0.4, -0.2) is 4.98 Å². The first kappa shape index (κ1) is 15.6. The molecule has 0 fully saturated rings. The summed E-state index contributed by atoms with van der Waals surface area (Å²) in [6.45, 7) is 0. The Morgan fingerprint density at radius 2 is 1.42 bits per heavy atom. The summed E-state index contributed by atoms with van der Waals surface area (Å²) in [4.78, 5) is 4.20. The fourth-order valence-corrected chi connectivity index (χ4v) is 3.72. The number of hydrogen-bond acceptors (Lipinski definition) is 2. The van der Waals surface area contributed by atoms with Gasteiger partial charge in [-0.1, -0.05) is 64.1 Å². The summed E-state index contributed by atoms with van der Waals surface area (Å²) in [6, 6.07) is 5.64. The third kappa shape index (κ3) is 3.44. The Hall–Kier alpha value is 0.170. The van der Waals surface area contributed by atoms with Crippen LogP contribution in [0.1, 0.15) is 5.56 Å². The fourth-order valence-electron chi connectivity index (χ4n) is 1.36. The Labute approximate surface area is 140 Å². The molecule has 1 aromatic carbocycles. The molecular formula is C12H6Cl5NS. The predicted molar refractivity (Wildman–Crippen MR) is 85.3 cm³/mol. The van der Waals surface area contributed by atoms with Crippen molar-refractivity contribution in [2.24, 2.45) is 0 Å². The average molecular weight is 374 g/mol. The van der Waals surface area contributed by atoms with E-state index in [0.29, 0.717) is 21.4 Å².